The monoisotopic (exact) mass is 558 g/mol. The topological polar surface area (TPSA) is 65.1 Å². The molecule has 40 heavy (non-hydrogen) atoms. The Hall–Kier alpha value is -3.65. The number of hydrogen-bond donors (Lipinski definition) is 1. The van der Waals surface area contributed by atoms with Crippen molar-refractivity contribution in [3.05, 3.63) is 102 Å². The predicted molar refractivity (Wildman–Crippen MR) is 161 cm³/mol. The molecule has 3 heterocycles. The molecular weight excluding hydrogens is 524 g/mol. The van der Waals surface area contributed by atoms with E-state index in [1.807, 2.05) is 72.8 Å². The fraction of sp³-hybridized carbons (Fsp3) is 0.312. The summed E-state index contributed by atoms with van der Waals surface area (Å²) in [5.74, 6) is -1.19. The summed E-state index contributed by atoms with van der Waals surface area (Å²) in [4.78, 5) is 32.3. The molecule has 8 heteroatoms. The van der Waals surface area contributed by atoms with Crippen molar-refractivity contribution in [3.8, 4) is 0 Å². The number of nitrogens with one attached hydrogen (secondary N) is 1. The van der Waals surface area contributed by atoms with Crippen LogP contribution in [0.2, 0.25) is 5.02 Å². The van der Waals surface area contributed by atoms with Gasteiger partial charge in [0.2, 0.25) is 5.78 Å². The van der Waals surface area contributed by atoms with Crippen molar-refractivity contribution >= 4 is 40.2 Å². The lowest BCUT2D eigenvalue weighted by molar-refractivity contribution is -0.134. The zero-order chi connectivity index (χ0) is 27.9. The molecule has 0 aromatic heterocycles. The number of halogens is 1. The Balaban J connectivity index is 1.14. The number of benzene rings is 2. The van der Waals surface area contributed by atoms with Gasteiger partial charge in [0.25, 0.3) is 5.91 Å². The van der Waals surface area contributed by atoms with Crippen molar-refractivity contribution in [3.63, 3.8) is 0 Å². The Bertz CT molecular complexity index is 1320. The van der Waals surface area contributed by atoms with Crippen LogP contribution in [0.4, 0.5) is 11.4 Å². The van der Waals surface area contributed by atoms with E-state index < -0.39 is 11.7 Å². The molecule has 2 aromatic carbocycles. The zero-order valence-corrected chi connectivity index (χ0v) is 23.4. The Morgan fingerprint density at radius 2 is 1.73 bits per heavy atom. The lowest BCUT2D eigenvalue weighted by Crippen LogP contribution is -2.49. The highest BCUT2D eigenvalue weighted by atomic mass is 35.5. The molecule has 2 aromatic rings. The minimum absolute atomic E-state index is 0.0928. The first kappa shape index (κ1) is 27.9. The number of carbonyl (C=O) groups excluding carboxylic acids is 2. The van der Waals surface area contributed by atoms with Gasteiger partial charge in [-0.3, -0.25) is 14.5 Å². The van der Waals surface area contributed by atoms with Crippen LogP contribution in [0, 0.1) is 0 Å². The lowest BCUT2D eigenvalue weighted by Gasteiger charge is -2.40. The average Bonchev–Trinajstić information content (AvgIpc) is 2.99. The van der Waals surface area contributed by atoms with Crippen molar-refractivity contribution in [2.75, 3.05) is 56.2 Å². The highest BCUT2D eigenvalue weighted by molar-refractivity contribution is 6.41. The van der Waals surface area contributed by atoms with Crippen LogP contribution in [0.5, 0.6) is 0 Å². The van der Waals surface area contributed by atoms with E-state index in [2.05, 4.69) is 21.7 Å². The summed E-state index contributed by atoms with van der Waals surface area (Å²) < 4.78 is 5.49. The summed E-state index contributed by atoms with van der Waals surface area (Å²) in [5.41, 5.74) is 4.00. The lowest BCUT2D eigenvalue weighted by atomic mass is 10.0. The van der Waals surface area contributed by atoms with Gasteiger partial charge < -0.3 is 19.9 Å². The maximum atomic E-state index is 12.8. The number of morpholine rings is 1. The van der Waals surface area contributed by atoms with Crippen molar-refractivity contribution in [2.24, 2.45) is 0 Å². The van der Waals surface area contributed by atoms with Gasteiger partial charge in [0.05, 0.1) is 19.8 Å². The molecule has 1 N–H and O–H groups in total. The van der Waals surface area contributed by atoms with Crippen LogP contribution in [0.25, 0.3) is 5.57 Å². The molecule has 0 bridgehead atoms. The van der Waals surface area contributed by atoms with Gasteiger partial charge >= 0.3 is 0 Å². The van der Waals surface area contributed by atoms with Crippen LogP contribution in [0.3, 0.4) is 0 Å². The van der Waals surface area contributed by atoms with Crippen molar-refractivity contribution in [1.29, 1.82) is 0 Å². The highest BCUT2D eigenvalue weighted by Crippen LogP contribution is 2.27. The molecule has 0 spiro atoms. The second kappa shape index (κ2) is 13.1. The molecule has 5 rings (SSSR count). The second-order valence-electron chi connectivity index (χ2n) is 10.2. The molecule has 0 aliphatic carbocycles. The van der Waals surface area contributed by atoms with E-state index in [1.165, 1.54) is 0 Å². The first-order valence-electron chi connectivity index (χ1n) is 13.8. The molecule has 208 valence electrons. The molecule has 7 nitrogen and oxygen atoms in total. The highest BCUT2D eigenvalue weighted by Gasteiger charge is 2.26. The number of Topliss-reactive ketones (excluding diaryl/α,β-unsaturated/α-hetero) is 1. The zero-order valence-electron chi connectivity index (χ0n) is 22.6. The van der Waals surface area contributed by atoms with E-state index in [0.717, 1.165) is 69.2 Å². The van der Waals surface area contributed by atoms with Gasteiger partial charge in [0.1, 0.15) is 0 Å². The summed E-state index contributed by atoms with van der Waals surface area (Å²) >= 11 is 6.31. The van der Waals surface area contributed by atoms with E-state index in [4.69, 9.17) is 16.3 Å². The van der Waals surface area contributed by atoms with E-state index in [9.17, 15) is 9.59 Å². The van der Waals surface area contributed by atoms with E-state index in [1.54, 1.807) is 11.1 Å². The van der Waals surface area contributed by atoms with Gasteiger partial charge in [-0.15, -0.1) is 0 Å². The molecule has 2 fully saturated rings. The smallest absolute Gasteiger partial charge is 0.293 e. The molecule has 3 aliphatic rings. The Morgan fingerprint density at radius 3 is 2.45 bits per heavy atom. The number of piperidine rings is 1. The van der Waals surface area contributed by atoms with Crippen LogP contribution in [-0.2, 0) is 14.3 Å². The van der Waals surface area contributed by atoms with Gasteiger partial charge in [0, 0.05) is 60.5 Å². The molecule has 1 amide bonds. The summed E-state index contributed by atoms with van der Waals surface area (Å²) in [6.45, 7) is 9.76. The standard InChI is InChI=1S/C32H35ClN4O3/c1-24(29-7-2-3-8-30(29)33)22-28-6-4-5-15-37(28)23-31(38)32(39)34-25-9-11-26(12-10-25)35-16-13-27(14-17-35)36-18-20-40-21-19-36/h2-12,15,22,27H,1,13-14,16-21,23H2,(H,34,39)/b28-22-. The number of allylic oxidation sites excluding steroid dienone is 5. The number of nitrogens with zero attached hydrogens (tertiary/aromatic N) is 3. The van der Waals surface area contributed by atoms with E-state index in [0.29, 0.717) is 22.3 Å². The molecular formula is C32H35ClN4O3. The SMILES string of the molecule is C=C(/C=C1/C=CC=CN1CC(=O)C(=O)Nc1ccc(N2CCC(N3CCOCC3)CC2)cc1)c1ccccc1Cl. The van der Waals surface area contributed by atoms with E-state index in [-0.39, 0.29) is 6.54 Å². The van der Waals surface area contributed by atoms with Crippen LogP contribution in [-0.4, -0.2) is 73.5 Å². The minimum Gasteiger partial charge on any atom is -0.379 e. The van der Waals surface area contributed by atoms with E-state index >= 15 is 0 Å². The Morgan fingerprint density at radius 1 is 1.00 bits per heavy atom. The number of ether oxygens (including phenoxy) is 1. The summed E-state index contributed by atoms with van der Waals surface area (Å²) in [7, 11) is 0. The third-order valence-corrected chi connectivity index (χ3v) is 7.93. The Kier molecular flexibility index (Phi) is 9.16. The van der Waals surface area contributed by atoms with Gasteiger partial charge in [-0.25, -0.2) is 0 Å². The molecule has 3 aliphatic heterocycles. The van der Waals surface area contributed by atoms with Gasteiger partial charge in [-0.2, -0.15) is 0 Å². The molecule has 0 unspecified atom stereocenters. The van der Waals surface area contributed by atoms with Crippen molar-refractivity contribution in [1.82, 2.24) is 9.80 Å². The fourth-order valence-electron chi connectivity index (χ4n) is 5.36. The number of rotatable bonds is 8. The largest absolute Gasteiger partial charge is 0.379 e. The van der Waals surface area contributed by atoms with Crippen molar-refractivity contribution in [2.45, 2.75) is 18.9 Å². The van der Waals surface area contributed by atoms with Crippen molar-refractivity contribution < 1.29 is 14.3 Å². The van der Waals surface area contributed by atoms with Crippen LogP contribution >= 0.6 is 11.6 Å². The normalized spacial score (nSPS) is 19.2. The number of anilines is 2. The number of amides is 1. The summed E-state index contributed by atoms with van der Waals surface area (Å²) in [6.07, 6.45) is 11.5. The first-order chi connectivity index (χ1) is 19.5. The molecule has 0 saturated carbocycles. The minimum atomic E-state index is -0.647. The maximum Gasteiger partial charge on any atom is 0.293 e. The Labute approximate surface area is 241 Å². The third-order valence-electron chi connectivity index (χ3n) is 7.60. The second-order valence-corrected chi connectivity index (χ2v) is 10.6. The van der Waals surface area contributed by atoms with Crippen LogP contribution < -0.4 is 10.2 Å². The number of ketones is 1. The summed E-state index contributed by atoms with van der Waals surface area (Å²) in [6, 6.07) is 15.8. The van der Waals surface area contributed by atoms with Crippen LogP contribution in [0.1, 0.15) is 18.4 Å². The molecule has 2 saturated heterocycles. The fourth-order valence-corrected chi connectivity index (χ4v) is 5.61. The summed E-state index contributed by atoms with van der Waals surface area (Å²) in [5, 5.41) is 3.35. The number of hydrogen-bond acceptors (Lipinski definition) is 6. The average molecular weight is 559 g/mol. The molecule has 0 atom stereocenters. The molecule has 0 radical (unpaired) electrons. The van der Waals surface area contributed by atoms with Gasteiger partial charge in [-0.05, 0) is 72.5 Å². The third kappa shape index (κ3) is 6.91. The number of carbonyl (C=O) groups is 2. The van der Waals surface area contributed by atoms with Gasteiger partial charge in [-0.1, -0.05) is 42.5 Å². The van der Waals surface area contributed by atoms with Gasteiger partial charge in [0.15, 0.2) is 0 Å². The first-order valence-corrected chi connectivity index (χ1v) is 14.1. The maximum absolute atomic E-state index is 12.8. The quantitative estimate of drug-likeness (QED) is 0.453. The van der Waals surface area contributed by atoms with Crippen LogP contribution in [0.15, 0.2) is 91.3 Å². The predicted octanol–water partition coefficient (Wildman–Crippen LogP) is 5.13.